The van der Waals surface area contributed by atoms with Gasteiger partial charge in [-0.15, -0.1) is 0 Å². The minimum atomic E-state index is -0.603. The lowest BCUT2D eigenvalue weighted by Gasteiger charge is -2.32. The number of carbonyl (C=O) groups is 1. The van der Waals surface area contributed by atoms with Gasteiger partial charge in [-0.05, 0) is 19.3 Å². The summed E-state index contributed by atoms with van der Waals surface area (Å²) in [5, 5.41) is 16.1. The van der Waals surface area contributed by atoms with E-state index in [1.54, 1.807) is 7.11 Å². The quantitative estimate of drug-likeness (QED) is 0.552. The van der Waals surface area contributed by atoms with Gasteiger partial charge in [0.25, 0.3) is 0 Å². The number of aliphatic hydroxyl groups is 1. The summed E-state index contributed by atoms with van der Waals surface area (Å²) < 4.78 is 4.90. The molecule has 0 radical (unpaired) electrons. The highest BCUT2D eigenvalue weighted by Crippen LogP contribution is 2.27. The van der Waals surface area contributed by atoms with E-state index in [2.05, 4.69) is 10.6 Å². The molecule has 1 aliphatic rings. The molecule has 1 rings (SSSR count). The molecule has 3 N–H and O–H groups in total. The first-order chi connectivity index (χ1) is 8.66. The molecule has 5 nitrogen and oxygen atoms in total. The number of rotatable bonds is 8. The molecule has 5 heteroatoms. The van der Waals surface area contributed by atoms with Crippen molar-refractivity contribution in [2.45, 2.75) is 44.1 Å². The first kappa shape index (κ1) is 15.4. The number of amides is 1. The number of carbonyl (C=O) groups excluding carboxylic acids is 1. The zero-order chi connectivity index (χ0) is 13.3. The molecule has 0 aromatic rings. The molecule has 0 aromatic heterocycles. The van der Waals surface area contributed by atoms with E-state index in [-0.39, 0.29) is 12.5 Å². The Kier molecular flexibility index (Phi) is 7.23. The van der Waals surface area contributed by atoms with Gasteiger partial charge in [-0.1, -0.05) is 19.3 Å². The van der Waals surface area contributed by atoms with E-state index in [1.165, 1.54) is 6.42 Å². The highest BCUT2D eigenvalue weighted by molar-refractivity contribution is 5.77. The molecule has 0 aromatic carbocycles. The number of methoxy groups -OCH3 is 1. The predicted octanol–water partition coefficient (Wildman–Crippen LogP) is 0.424. The maximum absolute atomic E-state index is 11.5. The Bertz CT molecular complexity index is 240. The lowest BCUT2D eigenvalue weighted by molar-refractivity contribution is -0.120. The van der Waals surface area contributed by atoms with Gasteiger partial charge in [-0.3, -0.25) is 4.79 Å². The first-order valence-corrected chi connectivity index (χ1v) is 6.85. The fraction of sp³-hybridized carbons (Fsp3) is 0.923. The molecule has 0 aliphatic heterocycles. The van der Waals surface area contributed by atoms with E-state index in [0.29, 0.717) is 19.7 Å². The summed E-state index contributed by atoms with van der Waals surface area (Å²) in [6.45, 7) is 2.08. The standard InChI is InChI=1S/C13H26N2O3/c1-18-9-5-8-15-12(16)10-14-11-13(17)6-3-2-4-7-13/h14,17H,2-11H2,1H3,(H,15,16). The van der Waals surface area contributed by atoms with Gasteiger partial charge in [-0.2, -0.15) is 0 Å². The SMILES string of the molecule is COCCCNC(=O)CNCC1(O)CCCCC1. The summed E-state index contributed by atoms with van der Waals surface area (Å²) in [6.07, 6.45) is 5.89. The van der Waals surface area contributed by atoms with Crippen LogP contribution in [-0.2, 0) is 9.53 Å². The van der Waals surface area contributed by atoms with E-state index >= 15 is 0 Å². The van der Waals surface area contributed by atoms with E-state index in [1.807, 2.05) is 0 Å². The largest absolute Gasteiger partial charge is 0.389 e. The molecule has 1 aliphatic carbocycles. The molecular formula is C13H26N2O3. The minimum absolute atomic E-state index is 0.0227. The van der Waals surface area contributed by atoms with Crippen LogP contribution in [0, 0.1) is 0 Å². The Balaban J connectivity index is 2.04. The van der Waals surface area contributed by atoms with Gasteiger partial charge in [0.15, 0.2) is 0 Å². The van der Waals surface area contributed by atoms with Crippen LogP contribution in [-0.4, -0.2) is 50.0 Å². The van der Waals surface area contributed by atoms with Gasteiger partial charge in [0, 0.05) is 26.8 Å². The summed E-state index contributed by atoms with van der Waals surface area (Å²) in [5.41, 5.74) is -0.603. The minimum Gasteiger partial charge on any atom is -0.389 e. The molecule has 1 saturated carbocycles. The number of hydrogen-bond donors (Lipinski definition) is 3. The van der Waals surface area contributed by atoms with Crippen LogP contribution in [0.3, 0.4) is 0 Å². The van der Waals surface area contributed by atoms with Crippen molar-refractivity contribution in [3.8, 4) is 0 Å². The molecule has 1 fully saturated rings. The molecule has 0 saturated heterocycles. The number of nitrogens with one attached hydrogen (secondary N) is 2. The van der Waals surface area contributed by atoms with Crippen LogP contribution >= 0.6 is 0 Å². The molecule has 0 heterocycles. The van der Waals surface area contributed by atoms with E-state index in [9.17, 15) is 9.90 Å². The molecule has 0 unspecified atom stereocenters. The Morgan fingerprint density at radius 3 is 2.72 bits per heavy atom. The lowest BCUT2D eigenvalue weighted by Crippen LogP contribution is -2.45. The Morgan fingerprint density at radius 2 is 2.06 bits per heavy atom. The van der Waals surface area contributed by atoms with Crippen LogP contribution in [0.2, 0.25) is 0 Å². The third-order valence-electron chi connectivity index (χ3n) is 3.37. The smallest absolute Gasteiger partial charge is 0.233 e. The Labute approximate surface area is 109 Å². The third-order valence-corrected chi connectivity index (χ3v) is 3.37. The van der Waals surface area contributed by atoms with Crippen LogP contribution in [0.1, 0.15) is 38.5 Å². The van der Waals surface area contributed by atoms with Crippen molar-refractivity contribution in [2.24, 2.45) is 0 Å². The second-order valence-corrected chi connectivity index (χ2v) is 5.08. The highest BCUT2D eigenvalue weighted by Gasteiger charge is 2.28. The van der Waals surface area contributed by atoms with Crippen LogP contribution in [0.4, 0.5) is 0 Å². The summed E-state index contributed by atoms with van der Waals surface area (Å²) in [5.74, 6) is -0.0227. The van der Waals surface area contributed by atoms with Crippen molar-refractivity contribution >= 4 is 5.91 Å². The number of hydrogen-bond acceptors (Lipinski definition) is 4. The summed E-state index contributed by atoms with van der Waals surface area (Å²) in [7, 11) is 1.65. The third kappa shape index (κ3) is 6.33. The van der Waals surface area contributed by atoms with Crippen molar-refractivity contribution < 1.29 is 14.6 Å². The second kappa shape index (κ2) is 8.45. The fourth-order valence-electron chi connectivity index (χ4n) is 2.30. The number of ether oxygens (including phenoxy) is 1. The van der Waals surface area contributed by atoms with Crippen molar-refractivity contribution in [1.82, 2.24) is 10.6 Å². The van der Waals surface area contributed by atoms with Crippen molar-refractivity contribution in [3.05, 3.63) is 0 Å². The van der Waals surface area contributed by atoms with E-state index < -0.39 is 5.60 Å². The van der Waals surface area contributed by atoms with Crippen LogP contribution < -0.4 is 10.6 Å². The van der Waals surface area contributed by atoms with Crippen molar-refractivity contribution in [1.29, 1.82) is 0 Å². The van der Waals surface area contributed by atoms with Crippen LogP contribution in [0.5, 0.6) is 0 Å². The fourth-order valence-corrected chi connectivity index (χ4v) is 2.30. The van der Waals surface area contributed by atoms with Gasteiger partial charge in [0.1, 0.15) is 0 Å². The monoisotopic (exact) mass is 258 g/mol. The zero-order valence-corrected chi connectivity index (χ0v) is 11.3. The lowest BCUT2D eigenvalue weighted by atomic mass is 9.85. The van der Waals surface area contributed by atoms with E-state index in [4.69, 9.17) is 4.74 Å². The van der Waals surface area contributed by atoms with E-state index in [0.717, 1.165) is 32.1 Å². The zero-order valence-electron chi connectivity index (χ0n) is 11.3. The summed E-state index contributed by atoms with van der Waals surface area (Å²) in [4.78, 5) is 11.5. The van der Waals surface area contributed by atoms with Gasteiger partial charge >= 0.3 is 0 Å². The molecule has 0 bridgehead atoms. The average Bonchev–Trinajstić information content (AvgIpc) is 2.35. The molecule has 0 atom stereocenters. The Hall–Kier alpha value is -0.650. The van der Waals surface area contributed by atoms with Gasteiger partial charge in [0.2, 0.25) is 5.91 Å². The van der Waals surface area contributed by atoms with Crippen molar-refractivity contribution in [3.63, 3.8) is 0 Å². The van der Waals surface area contributed by atoms with Gasteiger partial charge < -0.3 is 20.5 Å². The molecular weight excluding hydrogens is 232 g/mol. The highest BCUT2D eigenvalue weighted by atomic mass is 16.5. The average molecular weight is 258 g/mol. The predicted molar refractivity (Wildman–Crippen MR) is 70.4 cm³/mol. The molecule has 106 valence electrons. The first-order valence-electron chi connectivity index (χ1n) is 6.85. The van der Waals surface area contributed by atoms with Gasteiger partial charge in [0.05, 0.1) is 12.1 Å². The normalized spacial score (nSPS) is 18.6. The van der Waals surface area contributed by atoms with Crippen LogP contribution in [0.15, 0.2) is 0 Å². The Morgan fingerprint density at radius 1 is 1.33 bits per heavy atom. The topological polar surface area (TPSA) is 70.6 Å². The molecule has 18 heavy (non-hydrogen) atoms. The summed E-state index contributed by atoms with van der Waals surface area (Å²) >= 11 is 0. The molecule has 1 amide bonds. The maximum Gasteiger partial charge on any atom is 0.233 e. The molecule has 0 spiro atoms. The maximum atomic E-state index is 11.5. The summed E-state index contributed by atoms with van der Waals surface area (Å²) in [6, 6.07) is 0. The van der Waals surface area contributed by atoms with Gasteiger partial charge in [-0.25, -0.2) is 0 Å². The second-order valence-electron chi connectivity index (χ2n) is 5.08. The van der Waals surface area contributed by atoms with Crippen LogP contribution in [0.25, 0.3) is 0 Å². The van der Waals surface area contributed by atoms with Crippen molar-refractivity contribution in [2.75, 3.05) is 33.4 Å².